The van der Waals surface area contributed by atoms with Crippen LogP contribution >= 0.6 is 0 Å². The second kappa shape index (κ2) is 6.01. The highest BCUT2D eigenvalue weighted by molar-refractivity contribution is 6.29. The second-order valence-electron chi connectivity index (χ2n) is 1.76. The summed E-state index contributed by atoms with van der Waals surface area (Å²) in [5.74, 6) is 0. The molecule has 0 unspecified atom stereocenters. The minimum Gasteiger partial charge on any atom is -0.393 e. The van der Waals surface area contributed by atoms with Gasteiger partial charge in [-0.15, -0.1) is 0 Å². The lowest BCUT2D eigenvalue weighted by atomic mass is 10.5. The topological polar surface area (TPSA) is 36.8 Å². The first-order valence-corrected chi connectivity index (χ1v) is 3.10. The van der Waals surface area contributed by atoms with Gasteiger partial charge < -0.3 is 5.32 Å². The van der Waals surface area contributed by atoms with E-state index in [9.17, 15) is 0 Å². The molecule has 3 nitrogen and oxygen atoms in total. The van der Waals surface area contributed by atoms with E-state index in [1.54, 1.807) is 25.7 Å². The Balaban J connectivity index is 3.79. The SMILES string of the molecule is CN=CC(C)=N/C=C/NC. The highest BCUT2D eigenvalue weighted by atomic mass is 14.8. The second-order valence-corrected chi connectivity index (χ2v) is 1.76. The Morgan fingerprint density at radius 3 is 2.70 bits per heavy atom. The largest absolute Gasteiger partial charge is 0.393 e. The summed E-state index contributed by atoms with van der Waals surface area (Å²) in [7, 11) is 3.55. The van der Waals surface area contributed by atoms with Gasteiger partial charge in [-0.1, -0.05) is 0 Å². The fourth-order valence-corrected chi connectivity index (χ4v) is 0.450. The van der Waals surface area contributed by atoms with E-state index in [-0.39, 0.29) is 0 Å². The van der Waals surface area contributed by atoms with Crippen molar-refractivity contribution >= 4 is 11.9 Å². The Hall–Kier alpha value is -1.12. The van der Waals surface area contributed by atoms with E-state index < -0.39 is 0 Å². The number of hydrogen-bond donors (Lipinski definition) is 1. The molecule has 0 saturated heterocycles. The zero-order chi connectivity index (χ0) is 7.82. The molecule has 0 aliphatic heterocycles. The molecule has 3 heteroatoms. The van der Waals surface area contributed by atoms with E-state index in [1.807, 2.05) is 14.0 Å². The lowest BCUT2D eigenvalue weighted by molar-refractivity contribution is 1.09. The van der Waals surface area contributed by atoms with Gasteiger partial charge in [0.1, 0.15) is 0 Å². The third-order valence-corrected chi connectivity index (χ3v) is 0.835. The van der Waals surface area contributed by atoms with Gasteiger partial charge in [-0.05, 0) is 6.92 Å². The van der Waals surface area contributed by atoms with Crippen molar-refractivity contribution < 1.29 is 0 Å². The first-order chi connectivity index (χ1) is 4.81. The monoisotopic (exact) mass is 139 g/mol. The molecule has 0 aliphatic rings. The summed E-state index contributed by atoms with van der Waals surface area (Å²) in [4.78, 5) is 7.83. The molecule has 1 N–H and O–H groups in total. The van der Waals surface area contributed by atoms with Gasteiger partial charge in [-0.2, -0.15) is 0 Å². The molecule has 0 saturated carbocycles. The van der Waals surface area contributed by atoms with Crippen LogP contribution in [0.4, 0.5) is 0 Å². The van der Waals surface area contributed by atoms with E-state index in [0.29, 0.717) is 0 Å². The van der Waals surface area contributed by atoms with Crippen LogP contribution in [0.1, 0.15) is 6.92 Å². The summed E-state index contributed by atoms with van der Waals surface area (Å²) >= 11 is 0. The first kappa shape index (κ1) is 8.88. The third kappa shape index (κ3) is 5.03. The van der Waals surface area contributed by atoms with Gasteiger partial charge in [0.2, 0.25) is 0 Å². The van der Waals surface area contributed by atoms with E-state index in [1.165, 1.54) is 0 Å². The van der Waals surface area contributed by atoms with Gasteiger partial charge in [0.25, 0.3) is 0 Å². The predicted molar refractivity (Wildman–Crippen MR) is 45.7 cm³/mol. The molecule has 0 radical (unpaired) electrons. The molecular weight excluding hydrogens is 126 g/mol. The summed E-state index contributed by atoms with van der Waals surface area (Å²) in [6.07, 6.45) is 5.16. The summed E-state index contributed by atoms with van der Waals surface area (Å²) in [6, 6.07) is 0. The van der Waals surface area contributed by atoms with Crippen LogP contribution in [-0.2, 0) is 0 Å². The molecule has 56 valence electrons. The number of aliphatic imine (C=N–C) groups is 2. The summed E-state index contributed by atoms with van der Waals surface area (Å²) < 4.78 is 0. The number of nitrogens with zero attached hydrogens (tertiary/aromatic N) is 2. The van der Waals surface area contributed by atoms with E-state index in [2.05, 4.69) is 15.3 Å². The third-order valence-electron chi connectivity index (χ3n) is 0.835. The average Bonchev–Trinajstić information content (AvgIpc) is 1.89. The minimum atomic E-state index is 0.897. The smallest absolute Gasteiger partial charge is 0.0551 e. The molecule has 10 heavy (non-hydrogen) atoms. The van der Waals surface area contributed by atoms with Crippen molar-refractivity contribution in [3.63, 3.8) is 0 Å². The maximum absolute atomic E-state index is 4.03. The fourth-order valence-electron chi connectivity index (χ4n) is 0.450. The predicted octanol–water partition coefficient (Wildman–Crippen LogP) is 0.839. The van der Waals surface area contributed by atoms with Crippen molar-refractivity contribution in [3.8, 4) is 0 Å². The number of hydrogen-bond acceptors (Lipinski definition) is 3. The molecule has 0 aromatic heterocycles. The Bertz CT molecular complexity index is 156. The molecule has 0 aromatic carbocycles. The van der Waals surface area contributed by atoms with E-state index in [4.69, 9.17) is 0 Å². The van der Waals surface area contributed by atoms with Crippen molar-refractivity contribution in [1.29, 1.82) is 0 Å². The Kier molecular flexibility index (Phi) is 5.33. The molecule has 0 aliphatic carbocycles. The van der Waals surface area contributed by atoms with Gasteiger partial charge in [0.15, 0.2) is 0 Å². The number of rotatable bonds is 3. The molecule has 0 bridgehead atoms. The van der Waals surface area contributed by atoms with E-state index >= 15 is 0 Å². The zero-order valence-corrected chi connectivity index (χ0v) is 6.63. The van der Waals surface area contributed by atoms with Gasteiger partial charge in [-0.25, -0.2) is 0 Å². The normalized spacial score (nSPS) is 13.3. The number of nitrogens with one attached hydrogen (secondary N) is 1. The quantitative estimate of drug-likeness (QED) is 0.578. The molecule has 0 heterocycles. The standard InChI is InChI=1S/C7H13N3/c1-7(6-9-3)10-5-4-8-2/h4-6,8H,1-3H3/b5-4+,9-6?,10-7?. The van der Waals surface area contributed by atoms with Crippen molar-refractivity contribution in [2.75, 3.05) is 14.1 Å². The molecule has 0 amide bonds. The fraction of sp³-hybridized carbons (Fsp3) is 0.429. The van der Waals surface area contributed by atoms with Crippen molar-refractivity contribution in [2.45, 2.75) is 6.92 Å². The summed E-state index contributed by atoms with van der Waals surface area (Å²) in [5.41, 5.74) is 0.897. The van der Waals surface area contributed by atoms with Crippen molar-refractivity contribution in [2.24, 2.45) is 9.98 Å². The highest BCUT2D eigenvalue weighted by Crippen LogP contribution is 1.75. The lowest BCUT2D eigenvalue weighted by Crippen LogP contribution is -1.93. The molecule has 0 atom stereocenters. The molecule has 0 rings (SSSR count). The van der Waals surface area contributed by atoms with Gasteiger partial charge in [-0.3, -0.25) is 9.98 Å². The van der Waals surface area contributed by atoms with Crippen LogP contribution in [0.2, 0.25) is 0 Å². The van der Waals surface area contributed by atoms with Gasteiger partial charge in [0.05, 0.1) is 5.71 Å². The molecule has 0 spiro atoms. The van der Waals surface area contributed by atoms with Crippen LogP contribution in [0, 0.1) is 0 Å². The first-order valence-electron chi connectivity index (χ1n) is 3.10. The van der Waals surface area contributed by atoms with Crippen molar-refractivity contribution in [3.05, 3.63) is 12.4 Å². The maximum atomic E-state index is 4.03. The molecule has 0 aromatic rings. The Morgan fingerprint density at radius 1 is 1.50 bits per heavy atom. The maximum Gasteiger partial charge on any atom is 0.0551 e. The van der Waals surface area contributed by atoms with Crippen LogP contribution in [0.3, 0.4) is 0 Å². The minimum absolute atomic E-state index is 0.897. The van der Waals surface area contributed by atoms with Crippen LogP contribution in [0.5, 0.6) is 0 Å². The zero-order valence-electron chi connectivity index (χ0n) is 6.63. The average molecular weight is 139 g/mol. The highest BCUT2D eigenvalue weighted by Gasteiger charge is 1.76. The Morgan fingerprint density at radius 2 is 2.20 bits per heavy atom. The van der Waals surface area contributed by atoms with Gasteiger partial charge >= 0.3 is 0 Å². The van der Waals surface area contributed by atoms with Gasteiger partial charge in [0, 0.05) is 32.7 Å². The van der Waals surface area contributed by atoms with Crippen LogP contribution < -0.4 is 5.32 Å². The van der Waals surface area contributed by atoms with E-state index in [0.717, 1.165) is 5.71 Å². The van der Waals surface area contributed by atoms with Crippen LogP contribution in [-0.4, -0.2) is 26.0 Å². The van der Waals surface area contributed by atoms with Crippen molar-refractivity contribution in [1.82, 2.24) is 5.32 Å². The summed E-state index contributed by atoms with van der Waals surface area (Å²) in [5, 5.41) is 2.83. The van der Waals surface area contributed by atoms with Crippen LogP contribution in [0.25, 0.3) is 0 Å². The molecular formula is C7H13N3. The van der Waals surface area contributed by atoms with Crippen LogP contribution in [0.15, 0.2) is 22.4 Å². The molecule has 0 fully saturated rings. The lowest BCUT2D eigenvalue weighted by Gasteiger charge is -1.85. The Labute approximate surface area is 61.6 Å². The summed E-state index contributed by atoms with van der Waals surface area (Å²) in [6.45, 7) is 1.90.